The molecule has 0 aliphatic heterocycles. The summed E-state index contributed by atoms with van der Waals surface area (Å²) in [7, 11) is 0. The molecule has 2 N–H and O–H groups in total. The van der Waals surface area contributed by atoms with Crippen molar-refractivity contribution < 1.29 is 9.90 Å². The highest BCUT2D eigenvalue weighted by Gasteiger charge is 2.14. The summed E-state index contributed by atoms with van der Waals surface area (Å²) in [6.45, 7) is 2.65. The van der Waals surface area contributed by atoms with Gasteiger partial charge in [-0.2, -0.15) is 5.10 Å². The van der Waals surface area contributed by atoms with Gasteiger partial charge in [-0.15, -0.1) is 10.2 Å². The van der Waals surface area contributed by atoms with Gasteiger partial charge in [0.2, 0.25) is 0 Å². The first kappa shape index (κ1) is 21.4. The number of hydrazone groups is 1. The van der Waals surface area contributed by atoms with Crippen LogP contribution in [0.5, 0.6) is 5.75 Å². The molecule has 29 heavy (non-hydrogen) atoms. The molecule has 0 saturated carbocycles. The summed E-state index contributed by atoms with van der Waals surface area (Å²) in [5, 5.41) is 23.4. The number of rotatable bonds is 7. The number of aromatic hydroxyl groups is 1. The SMILES string of the molecule is CCn1c(SCC(=O)N/N=C/c2cc(Br)ccc2O)nnc1-c1ccc(Cl)cc1. The number of amides is 1. The number of carbonyl (C=O) groups is 1. The molecule has 0 atom stereocenters. The summed E-state index contributed by atoms with van der Waals surface area (Å²) in [6, 6.07) is 12.3. The third-order valence-corrected chi connectivity index (χ3v) is 5.56. The Kier molecular flexibility index (Phi) is 7.29. The van der Waals surface area contributed by atoms with Crippen molar-refractivity contribution in [2.75, 3.05) is 5.75 Å². The van der Waals surface area contributed by atoms with Gasteiger partial charge in [-0.05, 0) is 49.4 Å². The van der Waals surface area contributed by atoms with E-state index >= 15 is 0 Å². The fourth-order valence-electron chi connectivity index (χ4n) is 2.46. The van der Waals surface area contributed by atoms with Crippen molar-refractivity contribution in [3.63, 3.8) is 0 Å². The lowest BCUT2D eigenvalue weighted by molar-refractivity contribution is -0.118. The number of phenolic OH excluding ortho intramolecular Hbond substituents is 1. The maximum Gasteiger partial charge on any atom is 0.250 e. The van der Waals surface area contributed by atoms with E-state index in [1.54, 1.807) is 30.3 Å². The van der Waals surface area contributed by atoms with Crippen LogP contribution in [-0.4, -0.2) is 37.7 Å². The molecule has 0 unspecified atom stereocenters. The summed E-state index contributed by atoms with van der Waals surface area (Å²) < 4.78 is 2.73. The summed E-state index contributed by atoms with van der Waals surface area (Å²) in [5.74, 6) is 0.626. The highest BCUT2D eigenvalue weighted by molar-refractivity contribution is 9.10. The van der Waals surface area contributed by atoms with Crippen molar-refractivity contribution in [1.29, 1.82) is 0 Å². The van der Waals surface area contributed by atoms with Gasteiger partial charge in [0, 0.05) is 27.2 Å². The number of nitrogens with zero attached hydrogens (tertiary/aromatic N) is 4. The van der Waals surface area contributed by atoms with Crippen LogP contribution < -0.4 is 5.43 Å². The van der Waals surface area contributed by atoms with Gasteiger partial charge in [0.05, 0.1) is 12.0 Å². The Morgan fingerprint density at radius 1 is 1.31 bits per heavy atom. The zero-order valence-electron chi connectivity index (χ0n) is 15.3. The van der Waals surface area contributed by atoms with Crippen LogP contribution in [0.25, 0.3) is 11.4 Å². The Morgan fingerprint density at radius 2 is 2.07 bits per heavy atom. The highest BCUT2D eigenvalue weighted by atomic mass is 79.9. The lowest BCUT2D eigenvalue weighted by Gasteiger charge is -2.07. The van der Waals surface area contributed by atoms with Crippen LogP contribution in [0.15, 0.2) is 57.2 Å². The van der Waals surface area contributed by atoms with Crippen LogP contribution in [0.2, 0.25) is 5.02 Å². The van der Waals surface area contributed by atoms with Gasteiger partial charge in [-0.25, -0.2) is 5.43 Å². The fraction of sp³-hybridized carbons (Fsp3) is 0.158. The van der Waals surface area contributed by atoms with Crippen molar-refractivity contribution >= 4 is 51.4 Å². The Balaban J connectivity index is 1.61. The van der Waals surface area contributed by atoms with E-state index in [0.29, 0.717) is 22.3 Å². The molecule has 10 heteroatoms. The molecule has 2 aromatic carbocycles. The van der Waals surface area contributed by atoms with Crippen LogP contribution in [0.3, 0.4) is 0 Å². The normalized spacial score (nSPS) is 11.1. The minimum Gasteiger partial charge on any atom is -0.507 e. The van der Waals surface area contributed by atoms with Crippen molar-refractivity contribution in [3.05, 3.63) is 57.5 Å². The number of phenols is 1. The molecule has 0 spiro atoms. The third-order valence-electron chi connectivity index (χ3n) is 3.85. The van der Waals surface area contributed by atoms with Gasteiger partial charge < -0.3 is 9.67 Å². The zero-order chi connectivity index (χ0) is 20.8. The second-order valence-electron chi connectivity index (χ2n) is 5.84. The maximum atomic E-state index is 12.1. The van der Waals surface area contributed by atoms with Crippen molar-refractivity contribution in [2.24, 2.45) is 5.10 Å². The van der Waals surface area contributed by atoms with E-state index < -0.39 is 0 Å². The van der Waals surface area contributed by atoms with E-state index in [-0.39, 0.29) is 17.4 Å². The van der Waals surface area contributed by atoms with Crippen molar-refractivity contribution in [1.82, 2.24) is 20.2 Å². The second-order valence-corrected chi connectivity index (χ2v) is 8.14. The van der Waals surface area contributed by atoms with E-state index in [9.17, 15) is 9.90 Å². The molecule has 3 aromatic rings. The first-order chi connectivity index (χ1) is 14.0. The molecule has 1 amide bonds. The van der Waals surface area contributed by atoms with Crippen molar-refractivity contribution in [3.8, 4) is 17.1 Å². The summed E-state index contributed by atoms with van der Waals surface area (Å²) in [4.78, 5) is 12.1. The monoisotopic (exact) mass is 493 g/mol. The zero-order valence-corrected chi connectivity index (χ0v) is 18.5. The number of aromatic nitrogens is 3. The first-order valence-electron chi connectivity index (χ1n) is 8.60. The van der Waals surface area contributed by atoms with Crippen LogP contribution >= 0.6 is 39.3 Å². The summed E-state index contributed by atoms with van der Waals surface area (Å²) in [5.41, 5.74) is 3.83. The summed E-state index contributed by atoms with van der Waals surface area (Å²) >= 11 is 10.5. The van der Waals surface area contributed by atoms with Gasteiger partial charge in [0.25, 0.3) is 5.91 Å². The molecular weight excluding hydrogens is 478 g/mol. The molecule has 0 radical (unpaired) electrons. The van der Waals surface area contributed by atoms with E-state index in [1.165, 1.54) is 18.0 Å². The van der Waals surface area contributed by atoms with Crippen LogP contribution in [0.1, 0.15) is 12.5 Å². The summed E-state index contributed by atoms with van der Waals surface area (Å²) in [6.07, 6.45) is 1.38. The first-order valence-corrected chi connectivity index (χ1v) is 10.8. The molecule has 0 bridgehead atoms. The van der Waals surface area contributed by atoms with Crippen LogP contribution in [0.4, 0.5) is 0 Å². The predicted octanol–water partition coefficient (Wildman–Crippen LogP) is 4.33. The highest BCUT2D eigenvalue weighted by Crippen LogP contribution is 2.25. The van der Waals surface area contributed by atoms with Crippen LogP contribution in [0, 0.1) is 0 Å². The molecule has 7 nitrogen and oxygen atoms in total. The second kappa shape index (κ2) is 9.91. The number of nitrogens with one attached hydrogen (secondary N) is 1. The Labute approximate surface area is 185 Å². The van der Waals surface area contributed by atoms with Crippen molar-refractivity contribution in [2.45, 2.75) is 18.6 Å². The van der Waals surface area contributed by atoms with E-state index in [2.05, 4.69) is 36.7 Å². The van der Waals surface area contributed by atoms with E-state index in [1.807, 2.05) is 23.6 Å². The molecule has 1 aromatic heterocycles. The lowest BCUT2D eigenvalue weighted by atomic mass is 10.2. The third kappa shape index (κ3) is 5.59. The molecule has 0 aliphatic carbocycles. The number of hydrogen-bond acceptors (Lipinski definition) is 6. The van der Waals surface area contributed by atoms with Gasteiger partial charge in [-0.3, -0.25) is 4.79 Å². The van der Waals surface area contributed by atoms with Gasteiger partial charge in [-0.1, -0.05) is 39.3 Å². The Morgan fingerprint density at radius 3 is 2.79 bits per heavy atom. The quantitative estimate of drug-likeness (QED) is 0.290. The standard InChI is InChI=1S/C19H17BrClN5O2S/c1-2-26-18(12-3-6-15(21)7-4-12)24-25-19(26)29-11-17(28)23-22-10-13-9-14(20)5-8-16(13)27/h3-10,27H,2,11H2,1H3,(H,23,28)/b22-10+. The van der Waals surface area contributed by atoms with Gasteiger partial charge in [0.1, 0.15) is 5.75 Å². The van der Waals surface area contributed by atoms with E-state index in [0.717, 1.165) is 15.9 Å². The van der Waals surface area contributed by atoms with Gasteiger partial charge >= 0.3 is 0 Å². The number of carbonyl (C=O) groups excluding carboxylic acids is 1. The molecule has 0 saturated heterocycles. The Hall–Kier alpha value is -2.36. The Bertz CT molecular complexity index is 1040. The molecule has 0 fully saturated rings. The molecule has 1 heterocycles. The maximum absolute atomic E-state index is 12.1. The molecule has 3 rings (SSSR count). The number of thioether (sulfide) groups is 1. The number of hydrogen-bond donors (Lipinski definition) is 2. The van der Waals surface area contributed by atoms with E-state index in [4.69, 9.17) is 11.6 Å². The predicted molar refractivity (Wildman–Crippen MR) is 118 cm³/mol. The largest absolute Gasteiger partial charge is 0.507 e. The van der Waals surface area contributed by atoms with Crippen LogP contribution in [-0.2, 0) is 11.3 Å². The molecular formula is C19H17BrClN5O2S. The topological polar surface area (TPSA) is 92.4 Å². The fourth-order valence-corrected chi connectivity index (χ4v) is 3.76. The lowest BCUT2D eigenvalue weighted by Crippen LogP contribution is -2.20. The molecule has 150 valence electrons. The minimum absolute atomic E-state index is 0.0753. The minimum atomic E-state index is -0.292. The average molecular weight is 495 g/mol. The number of halogens is 2. The number of benzene rings is 2. The smallest absolute Gasteiger partial charge is 0.250 e. The van der Waals surface area contributed by atoms with Gasteiger partial charge in [0.15, 0.2) is 11.0 Å². The molecule has 0 aliphatic rings. The average Bonchev–Trinajstić information content (AvgIpc) is 3.12.